The van der Waals surface area contributed by atoms with Gasteiger partial charge in [-0.15, -0.1) is 5.10 Å². The van der Waals surface area contributed by atoms with Gasteiger partial charge in [0.2, 0.25) is 17.8 Å². The largest absolute Gasteiger partial charge is 0.368 e. The Bertz CT molecular complexity index is 321. The second-order valence-corrected chi connectivity index (χ2v) is 3.44. The molecule has 1 heterocycles. The van der Waals surface area contributed by atoms with E-state index in [0.29, 0.717) is 18.9 Å². The Kier molecular flexibility index (Phi) is 3.90. The summed E-state index contributed by atoms with van der Waals surface area (Å²) in [6.07, 6.45) is 0.382. The number of hydrogen-bond acceptors (Lipinski definition) is 5. The van der Waals surface area contributed by atoms with Crippen LogP contribution in [0.15, 0.2) is 0 Å². The van der Waals surface area contributed by atoms with E-state index < -0.39 is 0 Å². The highest BCUT2D eigenvalue weighted by Gasteiger charge is 2.03. The SMILES string of the molecule is CC(C)NC(=O)CCNc1n[nH]c(N)n1. The summed E-state index contributed by atoms with van der Waals surface area (Å²) in [6.45, 7) is 4.32. The number of anilines is 2. The molecule has 0 saturated carbocycles. The van der Waals surface area contributed by atoms with Crippen molar-refractivity contribution in [1.82, 2.24) is 20.5 Å². The quantitative estimate of drug-likeness (QED) is 0.536. The van der Waals surface area contributed by atoms with E-state index in [9.17, 15) is 4.79 Å². The topological polar surface area (TPSA) is 109 Å². The van der Waals surface area contributed by atoms with Gasteiger partial charge in [0.25, 0.3) is 0 Å². The average Bonchev–Trinajstić information content (AvgIpc) is 2.50. The molecule has 1 rings (SSSR count). The van der Waals surface area contributed by atoms with Crippen LogP contribution in [-0.2, 0) is 4.79 Å². The van der Waals surface area contributed by atoms with Gasteiger partial charge in [0.1, 0.15) is 0 Å². The molecular weight excluding hydrogens is 196 g/mol. The lowest BCUT2D eigenvalue weighted by molar-refractivity contribution is -0.121. The van der Waals surface area contributed by atoms with Crippen LogP contribution in [0.1, 0.15) is 20.3 Å². The van der Waals surface area contributed by atoms with Gasteiger partial charge in [0.15, 0.2) is 0 Å². The first-order valence-electron chi connectivity index (χ1n) is 4.79. The number of nitrogens with one attached hydrogen (secondary N) is 3. The number of aromatic nitrogens is 3. The predicted molar refractivity (Wildman–Crippen MR) is 57.2 cm³/mol. The molecule has 0 aliphatic carbocycles. The van der Waals surface area contributed by atoms with Crippen LogP contribution in [0.2, 0.25) is 0 Å². The molecule has 15 heavy (non-hydrogen) atoms. The summed E-state index contributed by atoms with van der Waals surface area (Å²) in [4.78, 5) is 15.1. The van der Waals surface area contributed by atoms with E-state index in [2.05, 4.69) is 25.8 Å². The van der Waals surface area contributed by atoms with Gasteiger partial charge < -0.3 is 16.4 Å². The maximum absolute atomic E-state index is 11.2. The van der Waals surface area contributed by atoms with E-state index in [1.165, 1.54) is 0 Å². The molecule has 0 fully saturated rings. The lowest BCUT2D eigenvalue weighted by Gasteiger charge is -2.07. The molecule has 1 aromatic heterocycles. The molecule has 0 aromatic carbocycles. The Hall–Kier alpha value is -1.79. The van der Waals surface area contributed by atoms with Gasteiger partial charge in [-0.25, -0.2) is 5.10 Å². The predicted octanol–water partition coefficient (Wildman–Crippen LogP) is -0.286. The molecule has 1 aromatic rings. The summed E-state index contributed by atoms with van der Waals surface area (Å²) in [7, 11) is 0. The smallest absolute Gasteiger partial charge is 0.243 e. The van der Waals surface area contributed by atoms with Crippen molar-refractivity contribution in [2.75, 3.05) is 17.6 Å². The maximum atomic E-state index is 11.2. The number of H-pyrrole nitrogens is 1. The van der Waals surface area contributed by atoms with Gasteiger partial charge in [0, 0.05) is 19.0 Å². The van der Waals surface area contributed by atoms with Crippen molar-refractivity contribution in [3.8, 4) is 0 Å². The summed E-state index contributed by atoms with van der Waals surface area (Å²) >= 11 is 0. The molecule has 84 valence electrons. The van der Waals surface area contributed by atoms with Crippen molar-refractivity contribution in [1.29, 1.82) is 0 Å². The van der Waals surface area contributed by atoms with Gasteiger partial charge in [-0.1, -0.05) is 0 Å². The van der Waals surface area contributed by atoms with E-state index in [0.717, 1.165) is 0 Å². The van der Waals surface area contributed by atoms with Gasteiger partial charge >= 0.3 is 0 Å². The lowest BCUT2D eigenvalue weighted by atomic mass is 10.3. The summed E-state index contributed by atoms with van der Waals surface area (Å²) in [5, 5.41) is 11.9. The number of amides is 1. The minimum Gasteiger partial charge on any atom is -0.368 e. The molecule has 0 atom stereocenters. The van der Waals surface area contributed by atoms with E-state index in [4.69, 9.17) is 5.73 Å². The van der Waals surface area contributed by atoms with Crippen LogP contribution in [0.5, 0.6) is 0 Å². The molecule has 0 unspecified atom stereocenters. The number of hydrogen-bond donors (Lipinski definition) is 4. The van der Waals surface area contributed by atoms with Gasteiger partial charge in [0.05, 0.1) is 0 Å². The first-order valence-corrected chi connectivity index (χ1v) is 4.79. The fourth-order valence-corrected chi connectivity index (χ4v) is 1.04. The van der Waals surface area contributed by atoms with E-state index in [1.807, 2.05) is 13.8 Å². The van der Waals surface area contributed by atoms with Crippen LogP contribution in [-0.4, -0.2) is 33.7 Å². The van der Waals surface area contributed by atoms with Crippen LogP contribution in [0.3, 0.4) is 0 Å². The monoisotopic (exact) mass is 212 g/mol. The van der Waals surface area contributed by atoms with Crippen molar-refractivity contribution in [3.05, 3.63) is 0 Å². The zero-order chi connectivity index (χ0) is 11.3. The van der Waals surface area contributed by atoms with Gasteiger partial charge in [-0.3, -0.25) is 4.79 Å². The highest BCUT2D eigenvalue weighted by molar-refractivity contribution is 5.76. The third kappa shape index (κ3) is 4.30. The summed E-state index contributed by atoms with van der Waals surface area (Å²) < 4.78 is 0. The highest BCUT2D eigenvalue weighted by atomic mass is 16.1. The van der Waals surface area contributed by atoms with Crippen molar-refractivity contribution < 1.29 is 4.79 Å². The molecule has 7 heteroatoms. The standard InChI is InChI=1S/C8H16N6O/c1-5(2)11-6(15)3-4-10-8-12-7(9)13-14-8/h5H,3-4H2,1-2H3,(H,11,15)(H4,9,10,12,13,14). The fraction of sp³-hybridized carbons (Fsp3) is 0.625. The Morgan fingerprint density at radius 3 is 2.87 bits per heavy atom. The van der Waals surface area contributed by atoms with E-state index in [-0.39, 0.29) is 17.9 Å². The van der Waals surface area contributed by atoms with E-state index >= 15 is 0 Å². The number of nitrogens with two attached hydrogens (primary N) is 1. The summed E-state index contributed by atoms with van der Waals surface area (Å²) in [6, 6.07) is 0.164. The van der Waals surface area contributed by atoms with Crippen molar-refractivity contribution in [2.24, 2.45) is 0 Å². The molecule has 7 nitrogen and oxygen atoms in total. The number of aromatic amines is 1. The normalized spacial score (nSPS) is 10.3. The molecule has 0 bridgehead atoms. The Labute approximate surface area is 87.8 Å². The van der Waals surface area contributed by atoms with Crippen LogP contribution in [0.25, 0.3) is 0 Å². The number of carbonyl (C=O) groups excluding carboxylic acids is 1. The van der Waals surface area contributed by atoms with Crippen molar-refractivity contribution >= 4 is 17.8 Å². The number of nitrogens with zero attached hydrogens (tertiary/aromatic N) is 2. The second kappa shape index (κ2) is 5.18. The van der Waals surface area contributed by atoms with Crippen LogP contribution in [0, 0.1) is 0 Å². The number of carbonyl (C=O) groups is 1. The summed E-state index contributed by atoms with van der Waals surface area (Å²) in [5.74, 6) is 0.662. The lowest BCUT2D eigenvalue weighted by Crippen LogP contribution is -2.31. The molecule has 1 amide bonds. The Morgan fingerprint density at radius 1 is 1.60 bits per heavy atom. The third-order valence-electron chi connectivity index (χ3n) is 1.59. The zero-order valence-electron chi connectivity index (χ0n) is 8.87. The van der Waals surface area contributed by atoms with Crippen LogP contribution < -0.4 is 16.4 Å². The minimum absolute atomic E-state index is 0.000933. The van der Waals surface area contributed by atoms with Gasteiger partial charge in [-0.2, -0.15) is 4.98 Å². The molecular formula is C8H16N6O. The second-order valence-electron chi connectivity index (χ2n) is 3.44. The Balaban J connectivity index is 2.19. The third-order valence-corrected chi connectivity index (χ3v) is 1.59. The molecule has 0 saturated heterocycles. The minimum atomic E-state index is 0.000933. The fourth-order valence-electron chi connectivity index (χ4n) is 1.04. The Morgan fingerprint density at radius 2 is 2.33 bits per heavy atom. The number of nitrogen functional groups attached to an aromatic ring is 1. The summed E-state index contributed by atoms with van der Waals surface area (Å²) in [5.41, 5.74) is 5.33. The molecule has 5 N–H and O–H groups in total. The average molecular weight is 212 g/mol. The van der Waals surface area contributed by atoms with Gasteiger partial charge in [-0.05, 0) is 13.8 Å². The van der Waals surface area contributed by atoms with Crippen molar-refractivity contribution in [2.45, 2.75) is 26.3 Å². The highest BCUT2D eigenvalue weighted by Crippen LogP contribution is 1.98. The number of rotatable bonds is 5. The first-order chi connectivity index (χ1) is 7.08. The van der Waals surface area contributed by atoms with Crippen molar-refractivity contribution in [3.63, 3.8) is 0 Å². The molecule has 0 aliphatic heterocycles. The first kappa shape index (κ1) is 11.3. The van der Waals surface area contributed by atoms with Crippen LogP contribution in [0.4, 0.5) is 11.9 Å². The molecule has 0 radical (unpaired) electrons. The van der Waals surface area contributed by atoms with Crippen LogP contribution >= 0.6 is 0 Å². The molecule has 0 aliphatic rings. The molecule has 0 spiro atoms. The van der Waals surface area contributed by atoms with E-state index in [1.54, 1.807) is 0 Å². The maximum Gasteiger partial charge on any atom is 0.243 e. The zero-order valence-corrected chi connectivity index (χ0v) is 8.87.